The molecule has 0 saturated heterocycles. The molecule has 7 heteroatoms. The molecule has 144 valence electrons. The molecule has 0 bridgehead atoms. The number of hydrogen-bond donors (Lipinski definition) is 2. The quantitative estimate of drug-likeness (QED) is 0.673. The first-order chi connectivity index (χ1) is 12.8. The molecule has 0 aliphatic rings. The molecule has 1 heterocycles. The van der Waals surface area contributed by atoms with Crippen LogP contribution in [-0.4, -0.2) is 55.4 Å². The van der Waals surface area contributed by atoms with E-state index in [0.717, 1.165) is 22.7 Å². The van der Waals surface area contributed by atoms with Crippen molar-refractivity contribution in [3.8, 4) is 0 Å². The van der Waals surface area contributed by atoms with Crippen LogP contribution in [-0.2, 0) is 9.59 Å². The Kier molecular flexibility index (Phi) is 7.69. The number of benzene rings is 1. The highest BCUT2D eigenvalue weighted by atomic mass is 32.1. The van der Waals surface area contributed by atoms with Gasteiger partial charge in [0.15, 0.2) is 5.13 Å². The highest BCUT2D eigenvalue weighted by molar-refractivity contribution is 7.15. The molecule has 27 heavy (non-hydrogen) atoms. The Morgan fingerprint density at radius 3 is 2.52 bits per heavy atom. The number of quaternary nitrogens is 1. The Morgan fingerprint density at radius 1 is 1.22 bits per heavy atom. The molecule has 0 spiro atoms. The first kappa shape index (κ1) is 20.8. The molecule has 6 nitrogen and oxygen atoms in total. The molecule has 2 N–H and O–H groups in total. The minimum Gasteiger partial charge on any atom is -0.338 e. The monoisotopic (exact) mass is 387 g/mol. The summed E-state index contributed by atoms with van der Waals surface area (Å²) in [5.74, 6) is -0.416. The Hall–Kier alpha value is -2.51. The molecule has 0 fully saturated rings. The molecular formula is C20H27N4O2S+. The van der Waals surface area contributed by atoms with Gasteiger partial charge in [0.2, 0.25) is 11.8 Å². The van der Waals surface area contributed by atoms with Crippen LogP contribution >= 0.6 is 11.3 Å². The van der Waals surface area contributed by atoms with Gasteiger partial charge in [0.1, 0.15) is 6.54 Å². The van der Waals surface area contributed by atoms with Crippen LogP contribution in [0.5, 0.6) is 0 Å². The summed E-state index contributed by atoms with van der Waals surface area (Å²) >= 11 is 1.44. The number of thiazole rings is 1. The molecule has 0 unspecified atom stereocenters. The van der Waals surface area contributed by atoms with Crippen molar-refractivity contribution >= 4 is 34.4 Å². The number of amides is 2. The first-order valence-electron chi connectivity index (χ1n) is 8.90. The molecular weight excluding hydrogens is 360 g/mol. The third-order valence-electron chi connectivity index (χ3n) is 4.02. The Morgan fingerprint density at radius 2 is 1.93 bits per heavy atom. The molecule has 2 amide bonds. The van der Waals surface area contributed by atoms with Gasteiger partial charge >= 0.3 is 0 Å². The van der Waals surface area contributed by atoms with E-state index in [1.807, 2.05) is 58.3 Å². The number of nitrogens with one attached hydrogen (secondary N) is 2. The van der Waals surface area contributed by atoms with Crippen LogP contribution in [0.4, 0.5) is 5.13 Å². The summed E-state index contributed by atoms with van der Waals surface area (Å²) < 4.78 is 0. The number of nitrogens with zero attached hydrogens (tertiary/aromatic N) is 2. The highest BCUT2D eigenvalue weighted by Crippen LogP contribution is 2.20. The van der Waals surface area contributed by atoms with E-state index in [1.54, 1.807) is 11.0 Å². The number of likely N-dealkylation sites (N-methyl/N-ethyl adjacent to an activating group) is 1. The van der Waals surface area contributed by atoms with Crippen LogP contribution < -0.4 is 10.2 Å². The number of carbonyl (C=O) groups is 2. The maximum Gasteiger partial charge on any atom is 0.247 e. The van der Waals surface area contributed by atoms with Gasteiger partial charge in [0, 0.05) is 11.0 Å². The number of aromatic nitrogens is 1. The molecule has 2 rings (SSSR count). The summed E-state index contributed by atoms with van der Waals surface area (Å²) in [6.07, 6.45) is 3.29. The van der Waals surface area contributed by atoms with Gasteiger partial charge in [-0.1, -0.05) is 30.3 Å². The van der Waals surface area contributed by atoms with Crippen molar-refractivity contribution in [2.75, 3.05) is 39.0 Å². The SMILES string of the molecule is Cc1nc(NC(=O)CN(CC[NH+](C)C)C(=O)/C=C/c2ccccc2)sc1C. The van der Waals surface area contributed by atoms with Gasteiger partial charge in [0.25, 0.3) is 0 Å². The molecule has 1 aromatic carbocycles. The lowest BCUT2D eigenvalue weighted by atomic mass is 10.2. The molecule has 1 aromatic heterocycles. The van der Waals surface area contributed by atoms with Crippen molar-refractivity contribution in [3.05, 3.63) is 52.5 Å². The molecule has 0 saturated carbocycles. The summed E-state index contributed by atoms with van der Waals surface area (Å²) in [7, 11) is 4.04. The van der Waals surface area contributed by atoms with Crippen LogP contribution in [0.2, 0.25) is 0 Å². The second-order valence-electron chi connectivity index (χ2n) is 6.67. The van der Waals surface area contributed by atoms with Gasteiger partial charge in [-0.2, -0.15) is 0 Å². The number of anilines is 1. The molecule has 0 radical (unpaired) electrons. The van der Waals surface area contributed by atoms with E-state index in [-0.39, 0.29) is 18.4 Å². The summed E-state index contributed by atoms with van der Waals surface area (Å²) in [5, 5.41) is 3.36. The third kappa shape index (κ3) is 6.96. The van der Waals surface area contributed by atoms with Crippen molar-refractivity contribution in [1.82, 2.24) is 9.88 Å². The minimum absolute atomic E-state index is 0.00290. The maximum atomic E-state index is 12.6. The summed E-state index contributed by atoms with van der Waals surface area (Å²) in [6.45, 7) is 5.14. The van der Waals surface area contributed by atoms with Crippen LogP contribution in [0.15, 0.2) is 36.4 Å². The Labute approximate surface area is 164 Å². The summed E-state index contributed by atoms with van der Waals surface area (Å²) in [4.78, 5) is 33.2. The minimum atomic E-state index is -0.237. The zero-order valence-corrected chi connectivity index (χ0v) is 17.1. The van der Waals surface area contributed by atoms with E-state index in [9.17, 15) is 9.59 Å². The number of aryl methyl sites for hydroxylation is 2. The van der Waals surface area contributed by atoms with Gasteiger partial charge < -0.3 is 15.1 Å². The second kappa shape index (κ2) is 9.99. The maximum absolute atomic E-state index is 12.6. The average Bonchev–Trinajstić information content (AvgIpc) is 2.94. The van der Waals surface area contributed by atoms with Crippen LogP contribution in [0.3, 0.4) is 0 Å². The fraction of sp³-hybridized carbons (Fsp3) is 0.350. The topological polar surface area (TPSA) is 66.7 Å². The van der Waals surface area contributed by atoms with Crippen molar-refractivity contribution in [2.24, 2.45) is 0 Å². The van der Waals surface area contributed by atoms with Crippen molar-refractivity contribution < 1.29 is 14.5 Å². The molecule has 0 aliphatic carbocycles. The van der Waals surface area contributed by atoms with Gasteiger partial charge in [-0.25, -0.2) is 4.98 Å². The number of carbonyl (C=O) groups excluding carboxylic acids is 2. The predicted molar refractivity (Wildman–Crippen MR) is 110 cm³/mol. The summed E-state index contributed by atoms with van der Waals surface area (Å²) in [6, 6.07) is 9.62. The lowest BCUT2D eigenvalue weighted by Gasteiger charge is -2.21. The van der Waals surface area contributed by atoms with Gasteiger partial charge in [-0.15, -0.1) is 11.3 Å². The van der Waals surface area contributed by atoms with Crippen LogP contribution in [0, 0.1) is 13.8 Å². The third-order valence-corrected chi connectivity index (χ3v) is 5.01. The molecule has 0 aliphatic heterocycles. The lowest BCUT2D eigenvalue weighted by molar-refractivity contribution is -0.857. The highest BCUT2D eigenvalue weighted by Gasteiger charge is 2.17. The van der Waals surface area contributed by atoms with Gasteiger partial charge in [-0.05, 0) is 25.5 Å². The Bertz CT molecular complexity index is 780. The number of rotatable bonds is 8. The predicted octanol–water partition coefficient (Wildman–Crippen LogP) is 1.38. The zero-order valence-electron chi connectivity index (χ0n) is 16.3. The van der Waals surface area contributed by atoms with E-state index in [4.69, 9.17) is 0 Å². The van der Waals surface area contributed by atoms with Gasteiger partial charge in [-0.3, -0.25) is 9.59 Å². The van der Waals surface area contributed by atoms with Crippen molar-refractivity contribution in [3.63, 3.8) is 0 Å². The van der Waals surface area contributed by atoms with Crippen molar-refractivity contribution in [1.29, 1.82) is 0 Å². The average molecular weight is 388 g/mol. The lowest BCUT2D eigenvalue weighted by Crippen LogP contribution is -3.06. The van der Waals surface area contributed by atoms with E-state index in [1.165, 1.54) is 22.3 Å². The smallest absolute Gasteiger partial charge is 0.247 e. The van der Waals surface area contributed by atoms with Crippen LogP contribution in [0.1, 0.15) is 16.1 Å². The van der Waals surface area contributed by atoms with Crippen molar-refractivity contribution in [2.45, 2.75) is 13.8 Å². The molecule has 0 atom stereocenters. The molecule has 2 aromatic rings. The van der Waals surface area contributed by atoms with Gasteiger partial charge in [0.05, 0.1) is 32.9 Å². The van der Waals surface area contributed by atoms with E-state index in [2.05, 4.69) is 10.3 Å². The largest absolute Gasteiger partial charge is 0.338 e. The van der Waals surface area contributed by atoms with E-state index in [0.29, 0.717) is 11.7 Å². The zero-order chi connectivity index (χ0) is 19.8. The van der Waals surface area contributed by atoms with E-state index < -0.39 is 0 Å². The summed E-state index contributed by atoms with van der Waals surface area (Å²) in [5.41, 5.74) is 1.85. The fourth-order valence-electron chi connectivity index (χ4n) is 2.32. The van der Waals surface area contributed by atoms with Crippen LogP contribution in [0.25, 0.3) is 6.08 Å². The normalized spacial score (nSPS) is 11.1. The Balaban J connectivity index is 2.02. The first-order valence-corrected chi connectivity index (χ1v) is 9.71. The fourth-order valence-corrected chi connectivity index (χ4v) is 3.15. The second-order valence-corrected chi connectivity index (χ2v) is 7.87. The van der Waals surface area contributed by atoms with E-state index >= 15 is 0 Å². The number of hydrogen-bond acceptors (Lipinski definition) is 4. The standard InChI is InChI=1S/C20H26N4O2S/c1-15-16(2)27-20(21-15)22-18(25)14-24(13-12-23(3)4)19(26)11-10-17-8-6-5-7-9-17/h5-11H,12-14H2,1-4H3,(H,21,22,25)/p+1/b11-10+.